The Morgan fingerprint density at radius 3 is 2.84 bits per heavy atom. The van der Waals surface area contributed by atoms with Crippen LogP contribution in [-0.4, -0.2) is 32.8 Å². The van der Waals surface area contributed by atoms with Crippen LogP contribution in [0.5, 0.6) is 0 Å². The number of carbonyl (C=O) groups excluding carboxylic acids is 1. The van der Waals surface area contributed by atoms with Gasteiger partial charge in [0.1, 0.15) is 0 Å². The van der Waals surface area contributed by atoms with E-state index in [0.29, 0.717) is 17.9 Å². The summed E-state index contributed by atoms with van der Waals surface area (Å²) in [7, 11) is 1.69. The topological polar surface area (TPSA) is 73.6 Å². The minimum atomic E-state index is -0.329. The molecule has 1 aromatic rings. The number of benzene rings is 1. The number of rotatable bonds is 8. The van der Waals surface area contributed by atoms with Gasteiger partial charge in [-0.1, -0.05) is 0 Å². The molecule has 1 aromatic carbocycles. The van der Waals surface area contributed by atoms with Crippen LogP contribution in [0.3, 0.4) is 0 Å². The number of unbranched alkanes of at least 4 members (excludes halogenated alkanes) is 1. The van der Waals surface area contributed by atoms with Gasteiger partial charge in [-0.3, -0.25) is 0 Å². The third-order valence-corrected chi connectivity index (χ3v) is 2.66. The van der Waals surface area contributed by atoms with Crippen LogP contribution in [0.15, 0.2) is 18.2 Å². The van der Waals surface area contributed by atoms with Gasteiger partial charge in [0.25, 0.3) is 0 Å². The quantitative estimate of drug-likeness (QED) is 0.429. The molecule has 5 nitrogen and oxygen atoms in total. The van der Waals surface area contributed by atoms with E-state index >= 15 is 0 Å². The Bertz CT molecular complexity index is 408. The summed E-state index contributed by atoms with van der Waals surface area (Å²) in [5.41, 5.74) is 7.77. The SMILES string of the molecule is CCOC(=O)c1ccc(N)c(NCCCCOC)c1. The van der Waals surface area contributed by atoms with Crippen molar-refractivity contribution in [2.45, 2.75) is 19.8 Å². The molecule has 0 fully saturated rings. The van der Waals surface area contributed by atoms with Crippen LogP contribution in [-0.2, 0) is 9.47 Å². The molecule has 0 spiro atoms. The zero-order valence-corrected chi connectivity index (χ0v) is 11.6. The standard InChI is InChI=1S/C14H22N2O3/c1-3-19-14(17)11-6-7-12(15)13(10-11)16-8-4-5-9-18-2/h6-7,10,16H,3-5,8-9,15H2,1-2H3. The van der Waals surface area contributed by atoms with Crippen LogP contribution in [0.2, 0.25) is 0 Å². The van der Waals surface area contributed by atoms with Crippen LogP contribution >= 0.6 is 0 Å². The minimum absolute atomic E-state index is 0.329. The number of hydrogen-bond acceptors (Lipinski definition) is 5. The average Bonchev–Trinajstić information content (AvgIpc) is 2.40. The van der Waals surface area contributed by atoms with Gasteiger partial charge in [-0.05, 0) is 38.0 Å². The number of nitrogens with two attached hydrogens (primary N) is 1. The number of nitrogen functional groups attached to an aromatic ring is 1. The molecule has 0 saturated carbocycles. The molecular weight excluding hydrogens is 244 g/mol. The predicted octanol–water partition coefficient (Wildman–Crippen LogP) is 2.28. The Labute approximate surface area is 114 Å². The van der Waals surface area contributed by atoms with E-state index in [2.05, 4.69) is 5.32 Å². The van der Waals surface area contributed by atoms with Crippen molar-refractivity contribution in [1.29, 1.82) is 0 Å². The summed E-state index contributed by atoms with van der Waals surface area (Å²) in [4.78, 5) is 11.6. The summed E-state index contributed by atoms with van der Waals surface area (Å²) in [6.07, 6.45) is 1.97. The number of methoxy groups -OCH3 is 1. The summed E-state index contributed by atoms with van der Waals surface area (Å²) in [5, 5.41) is 3.22. The highest BCUT2D eigenvalue weighted by molar-refractivity contribution is 5.92. The molecule has 19 heavy (non-hydrogen) atoms. The molecule has 106 valence electrons. The number of carbonyl (C=O) groups is 1. The number of hydrogen-bond donors (Lipinski definition) is 2. The fourth-order valence-corrected chi connectivity index (χ4v) is 1.65. The highest BCUT2D eigenvalue weighted by atomic mass is 16.5. The molecule has 0 saturated heterocycles. The van der Waals surface area contributed by atoms with Crippen molar-refractivity contribution < 1.29 is 14.3 Å². The van der Waals surface area contributed by atoms with Crippen LogP contribution in [0.4, 0.5) is 11.4 Å². The lowest BCUT2D eigenvalue weighted by Crippen LogP contribution is -2.09. The lowest BCUT2D eigenvalue weighted by atomic mass is 10.1. The van der Waals surface area contributed by atoms with Crippen molar-refractivity contribution in [3.8, 4) is 0 Å². The van der Waals surface area contributed by atoms with Crippen LogP contribution in [0.25, 0.3) is 0 Å². The molecular formula is C14H22N2O3. The smallest absolute Gasteiger partial charge is 0.338 e. The molecule has 1 rings (SSSR count). The fourth-order valence-electron chi connectivity index (χ4n) is 1.65. The molecule has 0 aromatic heterocycles. The van der Waals surface area contributed by atoms with Gasteiger partial charge < -0.3 is 20.5 Å². The summed E-state index contributed by atoms with van der Waals surface area (Å²) >= 11 is 0. The Morgan fingerprint density at radius 1 is 1.37 bits per heavy atom. The zero-order chi connectivity index (χ0) is 14.1. The Morgan fingerprint density at radius 2 is 2.16 bits per heavy atom. The van der Waals surface area contributed by atoms with Gasteiger partial charge >= 0.3 is 5.97 Å². The largest absolute Gasteiger partial charge is 0.462 e. The van der Waals surface area contributed by atoms with Crippen LogP contribution < -0.4 is 11.1 Å². The van der Waals surface area contributed by atoms with Gasteiger partial charge in [0.05, 0.1) is 23.5 Å². The van der Waals surface area contributed by atoms with Crippen molar-refractivity contribution >= 4 is 17.3 Å². The summed E-state index contributed by atoms with van der Waals surface area (Å²) in [5.74, 6) is -0.329. The van der Waals surface area contributed by atoms with E-state index in [0.717, 1.165) is 31.7 Å². The minimum Gasteiger partial charge on any atom is -0.462 e. The Kier molecular flexibility index (Phi) is 6.74. The van der Waals surface area contributed by atoms with Crippen LogP contribution in [0, 0.1) is 0 Å². The molecule has 0 unspecified atom stereocenters. The first-order chi connectivity index (χ1) is 9.19. The monoisotopic (exact) mass is 266 g/mol. The molecule has 0 amide bonds. The van der Waals surface area contributed by atoms with Crippen LogP contribution in [0.1, 0.15) is 30.1 Å². The van der Waals surface area contributed by atoms with E-state index in [9.17, 15) is 4.79 Å². The summed E-state index contributed by atoms with van der Waals surface area (Å²) in [6, 6.07) is 5.11. The lowest BCUT2D eigenvalue weighted by Gasteiger charge is -2.11. The zero-order valence-electron chi connectivity index (χ0n) is 11.6. The van der Waals surface area contributed by atoms with Gasteiger partial charge in [-0.25, -0.2) is 4.79 Å². The van der Waals surface area contributed by atoms with E-state index in [4.69, 9.17) is 15.2 Å². The number of nitrogens with one attached hydrogen (secondary N) is 1. The fraction of sp³-hybridized carbons (Fsp3) is 0.500. The van der Waals surface area contributed by atoms with Gasteiger partial charge in [0.15, 0.2) is 0 Å². The second kappa shape index (κ2) is 8.37. The van der Waals surface area contributed by atoms with Crippen molar-refractivity contribution in [2.75, 3.05) is 37.9 Å². The third kappa shape index (κ3) is 5.18. The molecule has 0 radical (unpaired) electrons. The maximum Gasteiger partial charge on any atom is 0.338 e. The lowest BCUT2D eigenvalue weighted by molar-refractivity contribution is 0.0526. The maximum absolute atomic E-state index is 11.6. The second-order valence-corrected chi connectivity index (χ2v) is 4.15. The predicted molar refractivity (Wildman–Crippen MR) is 76.4 cm³/mol. The first-order valence-corrected chi connectivity index (χ1v) is 6.48. The molecule has 0 aliphatic heterocycles. The number of esters is 1. The Balaban J connectivity index is 2.56. The number of ether oxygens (including phenoxy) is 2. The Hall–Kier alpha value is -1.75. The second-order valence-electron chi connectivity index (χ2n) is 4.15. The van der Waals surface area contributed by atoms with E-state index in [1.54, 1.807) is 32.2 Å². The van der Waals surface area contributed by atoms with E-state index in [1.165, 1.54) is 0 Å². The van der Waals surface area contributed by atoms with Crippen molar-refractivity contribution in [1.82, 2.24) is 0 Å². The van der Waals surface area contributed by atoms with E-state index in [1.807, 2.05) is 0 Å². The highest BCUT2D eigenvalue weighted by Crippen LogP contribution is 2.20. The third-order valence-electron chi connectivity index (χ3n) is 2.66. The highest BCUT2D eigenvalue weighted by Gasteiger charge is 2.08. The molecule has 3 N–H and O–H groups in total. The van der Waals surface area contributed by atoms with E-state index in [-0.39, 0.29) is 5.97 Å². The van der Waals surface area contributed by atoms with Gasteiger partial charge in [0, 0.05) is 20.3 Å². The molecule has 0 aliphatic carbocycles. The van der Waals surface area contributed by atoms with Gasteiger partial charge in [-0.15, -0.1) is 0 Å². The molecule has 0 atom stereocenters. The van der Waals surface area contributed by atoms with Gasteiger partial charge in [-0.2, -0.15) is 0 Å². The van der Waals surface area contributed by atoms with Crippen molar-refractivity contribution in [2.24, 2.45) is 0 Å². The van der Waals surface area contributed by atoms with E-state index < -0.39 is 0 Å². The molecule has 0 bridgehead atoms. The van der Waals surface area contributed by atoms with Crippen molar-refractivity contribution in [3.05, 3.63) is 23.8 Å². The summed E-state index contributed by atoms with van der Waals surface area (Å²) < 4.78 is 9.94. The first kappa shape index (κ1) is 15.3. The first-order valence-electron chi connectivity index (χ1n) is 6.48. The molecule has 0 aliphatic rings. The molecule has 5 heteroatoms. The number of anilines is 2. The van der Waals surface area contributed by atoms with Gasteiger partial charge in [0.2, 0.25) is 0 Å². The van der Waals surface area contributed by atoms with Crippen molar-refractivity contribution in [3.63, 3.8) is 0 Å². The average molecular weight is 266 g/mol. The molecule has 0 heterocycles. The maximum atomic E-state index is 11.6. The summed E-state index contributed by atoms with van der Waals surface area (Å²) in [6.45, 7) is 3.69. The normalized spacial score (nSPS) is 10.2.